The Balaban J connectivity index is 1.86. The van der Waals surface area contributed by atoms with Crippen LogP contribution in [-0.4, -0.2) is 0 Å². The van der Waals surface area contributed by atoms with Crippen molar-refractivity contribution in [1.82, 2.24) is 0 Å². The topological polar surface area (TPSA) is 35.2 Å². The molecule has 92 valence electrons. The van der Waals surface area contributed by atoms with Crippen molar-refractivity contribution in [3.8, 4) is 5.75 Å². The van der Waals surface area contributed by atoms with E-state index < -0.39 is 0 Å². The van der Waals surface area contributed by atoms with Gasteiger partial charge in [-0.25, -0.2) is 0 Å². The van der Waals surface area contributed by atoms with Gasteiger partial charge in [0.1, 0.15) is 11.9 Å². The lowest BCUT2D eigenvalue weighted by Gasteiger charge is -2.16. The molecule has 1 aliphatic rings. The van der Waals surface area contributed by atoms with Gasteiger partial charge in [0.25, 0.3) is 0 Å². The second-order valence-corrected chi connectivity index (χ2v) is 4.94. The van der Waals surface area contributed by atoms with Crippen LogP contribution in [0.4, 0.5) is 5.69 Å². The first-order valence-corrected chi connectivity index (χ1v) is 6.41. The molecule has 0 saturated carbocycles. The quantitative estimate of drug-likeness (QED) is 0.828. The van der Waals surface area contributed by atoms with Crippen LogP contribution in [0.5, 0.6) is 5.75 Å². The van der Waals surface area contributed by atoms with E-state index in [-0.39, 0.29) is 6.10 Å². The molecule has 0 fully saturated rings. The largest absolute Gasteiger partial charge is 0.484 e. The van der Waals surface area contributed by atoms with Crippen LogP contribution in [-0.2, 0) is 6.42 Å². The van der Waals surface area contributed by atoms with Gasteiger partial charge in [0.2, 0.25) is 0 Å². The van der Waals surface area contributed by atoms with E-state index in [0.29, 0.717) is 16.5 Å². The van der Waals surface area contributed by atoms with Gasteiger partial charge in [0.05, 0.1) is 5.02 Å². The maximum atomic E-state index is 6.13. The Hall–Kier alpha value is -1.67. The zero-order chi connectivity index (χ0) is 12.5. The van der Waals surface area contributed by atoms with Gasteiger partial charge >= 0.3 is 0 Å². The Morgan fingerprint density at radius 3 is 2.83 bits per heavy atom. The lowest BCUT2D eigenvalue weighted by molar-refractivity contribution is 0.208. The van der Waals surface area contributed by atoms with Gasteiger partial charge < -0.3 is 10.5 Å². The average Bonchev–Trinajstić information content (AvgIpc) is 2.76. The molecule has 0 bridgehead atoms. The highest BCUT2D eigenvalue weighted by molar-refractivity contribution is 6.32. The first-order chi connectivity index (χ1) is 8.74. The van der Waals surface area contributed by atoms with Gasteiger partial charge in [0.15, 0.2) is 0 Å². The zero-order valence-corrected chi connectivity index (χ0v) is 10.7. The molecular weight excluding hydrogens is 246 g/mol. The third kappa shape index (κ3) is 2.04. The highest BCUT2D eigenvalue weighted by atomic mass is 35.5. The molecule has 2 nitrogen and oxygen atoms in total. The van der Waals surface area contributed by atoms with Gasteiger partial charge in [-0.1, -0.05) is 35.9 Å². The van der Waals surface area contributed by atoms with Crippen molar-refractivity contribution in [2.45, 2.75) is 18.9 Å². The number of hydrogen-bond donors (Lipinski definition) is 1. The lowest BCUT2D eigenvalue weighted by atomic mass is 10.1. The number of fused-ring (bicyclic) bond motifs is 1. The number of hydrogen-bond acceptors (Lipinski definition) is 2. The number of aryl methyl sites for hydroxylation is 1. The van der Waals surface area contributed by atoms with E-state index in [9.17, 15) is 0 Å². The molecular formula is C15H14ClNO. The second kappa shape index (κ2) is 4.54. The molecule has 1 unspecified atom stereocenters. The van der Waals surface area contributed by atoms with E-state index in [1.807, 2.05) is 18.2 Å². The SMILES string of the molecule is Nc1ccc(OC2CCc3ccccc32)c(Cl)c1. The van der Waals surface area contributed by atoms with E-state index in [2.05, 4.69) is 18.2 Å². The molecule has 0 heterocycles. The summed E-state index contributed by atoms with van der Waals surface area (Å²) >= 11 is 6.13. The standard InChI is InChI=1S/C15H14ClNO/c16-13-9-11(17)6-8-15(13)18-14-7-5-10-3-1-2-4-12(10)14/h1-4,6,8-9,14H,5,7,17H2. The van der Waals surface area contributed by atoms with Crippen molar-refractivity contribution in [3.05, 3.63) is 58.6 Å². The fraction of sp³-hybridized carbons (Fsp3) is 0.200. The van der Waals surface area contributed by atoms with Crippen LogP contribution in [0.3, 0.4) is 0 Å². The van der Waals surface area contributed by atoms with Crippen LogP contribution in [0.2, 0.25) is 5.02 Å². The minimum atomic E-state index is 0.0994. The molecule has 0 radical (unpaired) electrons. The summed E-state index contributed by atoms with van der Waals surface area (Å²) in [7, 11) is 0. The predicted molar refractivity (Wildman–Crippen MR) is 74.0 cm³/mol. The van der Waals surface area contributed by atoms with Gasteiger partial charge in [-0.3, -0.25) is 0 Å². The van der Waals surface area contributed by atoms with Crippen molar-refractivity contribution in [2.75, 3.05) is 5.73 Å². The Bertz CT molecular complexity index is 582. The summed E-state index contributed by atoms with van der Waals surface area (Å²) in [5, 5.41) is 0.569. The van der Waals surface area contributed by atoms with Crippen molar-refractivity contribution >= 4 is 17.3 Å². The highest BCUT2D eigenvalue weighted by Crippen LogP contribution is 2.37. The maximum Gasteiger partial charge on any atom is 0.138 e. The molecule has 0 aliphatic heterocycles. The van der Waals surface area contributed by atoms with E-state index in [1.54, 1.807) is 6.07 Å². The molecule has 0 amide bonds. The van der Waals surface area contributed by atoms with Gasteiger partial charge in [0, 0.05) is 5.69 Å². The number of benzene rings is 2. The van der Waals surface area contributed by atoms with E-state index in [0.717, 1.165) is 12.8 Å². The summed E-state index contributed by atoms with van der Waals surface area (Å²) in [4.78, 5) is 0. The van der Waals surface area contributed by atoms with Crippen LogP contribution >= 0.6 is 11.6 Å². The summed E-state index contributed by atoms with van der Waals surface area (Å²) in [6, 6.07) is 13.8. The van der Waals surface area contributed by atoms with E-state index >= 15 is 0 Å². The van der Waals surface area contributed by atoms with E-state index in [1.165, 1.54) is 11.1 Å². The molecule has 3 rings (SSSR count). The molecule has 3 heteroatoms. The number of rotatable bonds is 2. The molecule has 0 saturated heterocycles. The fourth-order valence-corrected chi connectivity index (χ4v) is 2.64. The molecule has 2 aromatic carbocycles. The van der Waals surface area contributed by atoms with Crippen LogP contribution in [0.15, 0.2) is 42.5 Å². The molecule has 0 aromatic heterocycles. The zero-order valence-electron chi connectivity index (χ0n) is 9.90. The summed E-state index contributed by atoms with van der Waals surface area (Å²) in [5.41, 5.74) is 8.96. The van der Waals surface area contributed by atoms with Gasteiger partial charge in [-0.2, -0.15) is 0 Å². The molecule has 1 atom stereocenters. The third-order valence-electron chi connectivity index (χ3n) is 3.30. The van der Waals surface area contributed by atoms with Crippen LogP contribution in [0, 0.1) is 0 Å². The normalized spacial score (nSPS) is 17.5. The molecule has 18 heavy (non-hydrogen) atoms. The molecule has 1 aliphatic carbocycles. The Labute approximate surface area is 111 Å². The monoisotopic (exact) mass is 259 g/mol. The number of nitrogen functional groups attached to an aromatic ring is 1. The van der Waals surface area contributed by atoms with Crippen LogP contribution in [0.1, 0.15) is 23.7 Å². The highest BCUT2D eigenvalue weighted by Gasteiger charge is 2.24. The first kappa shape index (κ1) is 11.4. The average molecular weight is 260 g/mol. The molecule has 0 spiro atoms. The minimum absolute atomic E-state index is 0.0994. The first-order valence-electron chi connectivity index (χ1n) is 6.03. The fourth-order valence-electron chi connectivity index (χ4n) is 2.41. The predicted octanol–water partition coefficient (Wildman–Crippen LogP) is 3.99. The smallest absolute Gasteiger partial charge is 0.138 e. The summed E-state index contributed by atoms with van der Waals surface area (Å²) in [6.07, 6.45) is 2.16. The number of ether oxygens (including phenoxy) is 1. The van der Waals surface area contributed by atoms with Crippen LogP contribution < -0.4 is 10.5 Å². The van der Waals surface area contributed by atoms with Gasteiger partial charge in [-0.15, -0.1) is 0 Å². The Morgan fingerprint density at radius 1 is 1.17 bits per heavy atom. The Kier molecular flexibility index (Phi) is 2.88. The van der Waals surface area contributed by atoms with Crippen molar-refractivity contribution in [3.63, 3.8) is 0 Å². The van der Waals surface area contributed by atoms with Crippen molar-refractivity contribution < 1.29 is 4.74 Å². The number of halogens is 1. The Morgan fingerprint density at radius 2 is 2.00 bits per heavy atom. The maximum absolute atomic E-state index is 6.13. The number of nitrogens with two attached hydrogens (primary N) is 1. The number of anilines is 1. The third-order valence-corrected chi connectivity index (χ3v) is 3.60. The molecule has 2 N–H and O–H groups in total. The second-order valence-electron chi connectivity index (χ2n) is 4.53. The summed E-state index contributed by atoms with van der Waals surface area (Å²) in [6.45, 7) is 0. The van der Waals surface area contributed by atoms with Gasteiger partial charge in [-0.05, 0) is 42.2 Å². The minimum Gasteiger partial charge on any atom is -0.484 e. The van der Waals surface area contributed by atoms with Crippen molar-refractivity contribution in [1.29, 1.82) is 0 Å². The summed E-state index contributed by atoms with van der Waals surface area (Å²) in [5.74, 6) is 0.701. The van der Waals surface area contributed by atoms with Crippen molar-refractivity contribution in [2.24, 2.45) is 0 Å². The van der Waals surface area contributed by atoms with E-state index in [4.69, 9.17) is 22.1 Å². The van der Waals surface area contributed by atoms with Crippen LogP contribution in [0.25, 0.3) is 0 Å². The molecule has 2 aromatic rings. The lowest BCUT2D eigenvalue weighted by Crippen LogP contribution is -2.03. The summed E-state index contributed by atoms with van der Waals surface area (Å²) < 4.78 is 6.00.